The van der Waals surface area contributed by atoms with Crippen molar-refractivity contribution < 1.29 is 19.1 Å². The number of hydrogen-bond donors (Lipinski definition) is 0. The summed E-state index contributed by atoms with van der Waals surface area (Å²) in [5, 5.41) is 0. The molecule has 0 aliphatic heterocycles. The average Bonchev–Trinajstić information content (AvgIpc) is 3.17. The Hall–Kier alpha value is -1.58. The lowest BCUT2D eigenvalue weighted by Crippen LogP contribution is -2.55. The molecule has 0 N–H and O–H groups in total. The van der Waals surface area contributed by atoms with Gasteiger partial charge in [0.2, 0.25) is 0 Å². The number of carbonyl (C=O) groups is 2. The molecule has 10 unspecified atom stereocenters. The fourth-order valence-electron chi connectivity index (χ4n) is 9.77. The molecule has 0 saturated heterocycles. The van der Waals surface area contributed by atoms with Crippen LogP contribution in [0.25, 0.3) is 0 Å². The van der Waals surface area contributed by atoms with Crippen molar-refractivity contribution in [3.8, 4) is 0 Å². The van der Waals surface area contributed by atoms with Crippen LogP contribution in [0.15, 0.2) is 23.8 Å². The summed E-state index contributed by atoms with van der Waals surface area (Å²) in [5.74, 6) is 3.73. The Balaban J connectivity index is 1.54. The molecule has 0 bridgehead atoms. The zero-order valence-corrected chi connectivity index (χ0v) is 24.6. The summed E-state index contributed by atoms with van der Waals surface area (Å²) in [5.41, 5.74) is 3.01. The molecule has 0 spiro atoms. The molecule has 0 heterocycles. The quantitative estimate of drug-likeness (QED) is 0.244. The van der Waals surface area contributed by atoms with Crippen LogP contribution in [0.5, 0.6) is 0 Å². The fourth-order valence-corrected chi connectivity index (χ4v) is 9.77. The van der Waals surface area contributed by atoms with E-state index in [1.807, 2.05) is 0 Å². The van der Waals surface area contributed by atoms with E-state index in [0.717, 1.165) is 37.0 Å². The van der Waals surface area contributed by atoms with Crippen molar-refractivity contribution in [2.75, 3.05) is 0 Å². The normalized spacial score (nSPS) is 40.4. The molecule has 0 radical (unpaired) electrons. The monoisotopic (exact) mass is 512 g/mol. The predicted molar refractivity (Wildman–Crippen MR) is 149 cm³/mol. The van der Waals surface area contributed by atoms with Crippen LogP contribution in [0.4, 0.5) is 0 Å². The Morgan fingerprint density at radius 2 is 1.70 bits per heavy atom. The van der Waals surface area contributed by atoms with E-state index in [0.29, 0.717) is 23.2 Å². The van der Waals surface area contributed by atoms with Crippen molar-refractivity contribution in [3.63, 3.8) is 0 Å². The molecule has 208 valence electrons. The smallest absolute Gasteiger partial charge is 0.303 e. The molecular formula is C33H52O4. The molecule has 0 aromatic carbocycles. The molecule has 0 aromatic rings. The second kappa shape index (κ2) is 10.9. The summed E-state index contributed by atoms with van der Waals surface area (Å²) in [7, 11) is 0. The Bertz CT molecular complexity index is 919. The second-order valence-corrected chi connectivity index (χ2v) is 13.6. The van der Waals surface area contributed by atoms with Crippen LogP contribution in [0, 0.1) is 46.3 Å². The van der Waals surface area contributed by atoms with Crippen LogP contribution in [0.1, 0.15) is 113 Å². The van der Waals surface area contributed by atoms with Gasteiger partial charge >= 0.3 is 11.9 Å². The van der Waals surface area contributed by atoms with E-state index in [9.17, 15) is 9.59 Å². The molecule has 3 saturated carbocycles. The Morgan fingerprint density at radius 1 is 1.00 bits per heavy atom. The van der Waals surface area contributed by atoms with Crippen molar-refractivity contribution >= 4 is 11.9 Å². The van der Waals surface area contributed by atoms with E-state index in [-0.39, 0.29) is 23.5 Å². The van der Waals surface area contributed by atoms with Crippen LogP contribution in [0.2, 0.25) is 0 Å². The topological polar surface area (TPSA) is 52.6 Å². The summed E-state index contributed by atoms with van der Waals surface area (Å²) >= 11 is 0. The van der Waals surface area contributed by atoms with Gasteiger partial charge in [-0.1, -0.05) is 45.9 Å². The maximum atomic E-state index is 12.1. The van der Waals surface area contributed by atoms with Gasteiger partial charge in [-0.05, 0) is 123 Å². The molecule has 0 aromatic heterocycles. The molecule has 4 nitrogen and oxygen atoms in total. The maximum absolute atomic E-state index is 12.1. The molecule has 4 aliphatic carbocycles. The lowest BCUT2D eigenvalue weighted by Gasteiger charge is -2.59. The summed E-state index contributed by atoms with van der Waals surface area (Å²) in [4.78, 5) is 23.9. The number of fused-ring (bicyclic) bond motifs is 5. The lowest BCUT2D eigenvalue weighted by atomic mass is 9.46. The summed E-state index contributed by atoms with van der Waals surface area (Å²) in [6.07, 6.45) is 13.5. The van der Waals surface area contributed by atoms with Crippen molar-refractivity contribution in [1.82, 2.24) is 0 Å². The minimum absolute atomic E-state index is 0.0144. The summed E-state index contributed by atoms with van der Waals surface area (Å²) in [6, 6.07) is 0. The highest BCUT2D eigenvalue weighted by atomic mass is 16.6. The molecule has 37 heavy (non-hydrogen) atoms. The van der Waals surface area contributed by atoms with Gasteiger partial charge in [-0.25, -0.2) is 0 Å². The van der Waals surface area contributed by atoms with E-state index in [1.54, 1.807) is 0 Å². The van der Waals surface area contributed by atoms with E-state index < -0.39 is 6.10 Å². The van der Waals surface area contributed by atoms with E-state index >= 15 is 0 Å². The molecule has 4 heteroatoms. The largest absolute Gasteiger partial charge is 0.458 e. The number of hydrogen-bond acceptors (Lipinski definition) is 4. The van der Waals surface area contributed by atoms with Gasteiger partial charge in [-0.2, -0.15) is 0 Å². The standard InChI is InChI=1S/C33H52O4/c1-9-24(20(2)3)11-10-21(4)26-14-15-27-25-12-13-29-31(37-23(6)35)30(36-22(5)34)17-19-33(29,8)28(25)16-18-32(26,27)7/h13,21,24-28,30-31H,2,9-12,14-19H2,1,3-8H3. The van der Waals surface area contributed by atoms with E-state index in [2.05, 4.69) is 47.3 Å². The molecule has 4 rings (SSSR count). The van der Waals surface area contributed by atoms with Crippen LogP contribution in [-0.4, -0.2) is 24.1 Å². The minimum atomic E-state index is -0.439. The molecule has 4 aliphatic rings. The number of rotatable bonds is 8. The van der Waals surface area contributed by atoms with E-state index in [4.69, 9.17) is 9.47 Å². The van der Waals surface area contributed by atoms with Gasteiger partial charge in [0.1, 0.15) is 6.10 Å². The number of esters is 2. The van der Waals surface area contributed by atoms with Gasteiger partial charge in [0, 0.05) is 13.8 Å². The summed E-state index contributed by atoms with van der Waals surface area (Å²) in [6.45, 7) is 19.2. The zero-order chi connectivity index (χ0) is 27.1. The minimum Gasteiger partial charge on any atom is -0.458 e. The third-order valence-electron chi connectivity index (χ3n) is 11.6. The average molecular weight is 513 g/mol. The lowest BCUT2D eigenvalue weighted by molar-refractivity contribution is -0.170. The maximum Gasteiger partial charge on any atom is 0.303 e. The first-order chi connectivity index (χ1) is 17.4. The van der Waals surface area contributed by atoms with Gasteiger partial charge in [0.15, 0.2) is 6.10 Å². The van der Waals surface area contributed by atoms with Gasteiger partial charge in [0.05, 0.1) is 0 Å². The van der Waals surface area contributed by atoms with Crippen LogP contribution in [-0.2, 0) is 19.1 Å². The zero-order valence-electron chi connectivity index (χ0n) is 24.6. The first-order valence-electron chi connectivity index (χ1n) is 15.1. The fraction of sp³-hybridized carbons (Fsp3) is 0.818. The second-order valence-electron chi connectivity index (χ2n) is 13.6. The Kier molecular flexibility index (Phi) is 8.37. The SMILES string of the molecule is C=C(C)C(CC)CCC(C)C1CCC2C3CC=C4C(OC(C)=O)C(OC(C)=O)CCC4(C)C3CCC12C. The number of ether oxygens (including phenoxy) is 2. The van der Waals surface area contributed by atoms with Crippen LogP contribution in [0.3, 0.4) is 0 Å². The highest BCUT2D eigenvalue weighted by Crippen LogP contribution is 2.67. The molecule has 10 atom stereocenters. The van der Waals surface area contributed by atoms with Crippen molar-refractivity contribution in [2.45, 2.75) is 125 Å². The van der Waals surface area contributed by atoms with Crippen molar-refractivity contribution in [1.29, 1.82) is 0 Å². The Labute approximate surface area is 226 Å². The van der Waals surface area contributed by atoms with Crippen LogP contribution < -0.4 is 0 Å². The van der Waals surface area contributed by atoms with Gasteiger partial charge in [-0.3, -0.25) is 9.59 Å². The van der Waals surface area contributed by atoms with Crippen molar-refractivity contribution in [3.05, 3.63) is 23.8 Å². The molecular weight excluding hydrogens is 460 g/mol. The third kappa shape index (κ3) is 5.20. The number of allylic oxidation sites excluding steroid dienone is 2. The predicted octanol–water partition coefficient (Wildman–Crippen LogP) is 8.06. The third-order valence-corrected chi connectivity index (χ3v) is 11.6. The van der Waals surface area contributed by atoms with Crippen molar-refractivity contribution in [2.24, 2.45) is 46.3 Å². The van der Waals surface area contributed by atoms with E-state index in [1.165, 1.54) is 69.9 Å². The molecule has 3 fully saturated rings. The van der Waals surface area contributed by atoms with Gasteiger partial charge < -0.3 is 9.47 Å². The summed E-state index contributed by atoms with van der Waals surface area (Å²) < 4.78 is 11.5. The Morgan fingerprint density at radius 3 is 2.32 bits per heavy atom. The first-order valence-corrected chi connectivity index (χ1v) is 15.1. The highest BCUT2D eigenvalue weighted by Gasteiger charge is 2.60. The van der Waals surface area contributed by atoms with Gasteiger partial charge in [-0.15, -0.1) is 0 Å². The van der Waals surface area contributed by atoms with Gasteiger partial charge in [0.25, 0.3) is 0 Å². The van der Waals surface area contributed by atoms with Crippen LogP contribution >= 0.6 is 0 Å². The highest BCUT2D eigenvalue weighted by molar-refractivity contribution is 5.68. The molecule has 0 amide bonds. The first kappa shape index (κ1) is 28.4. The number of carbonyl (C=O) groups excluding carboxylic acids is 2.